The SMILES string of the molecule is CCc1cccc(NC(=O)CN(Cc2ccc(OC)cc2)S(=O)(=O)c2cccnc2)c1. The summed E-state index contributed by atoms with van der Waals surface area (Å²) in [6.07, 6.45) is 3.61. The van der Waals surface area contributed by atoms with E-state index in [1.807, 2.05) is 25.1 Å². The zero-order chi connectivity index (χ0) is 22.3. The summed E-state index contributed by atoms with van der Waals surface area (Å²) < 4.78 is 32.8. The van der Waals surface area contributed by atoms with Crippen molar-refractivity contribution >= 4 is 21.6 Å². The fourth-order valence-corrected chi connectivity index (χ4v) is 4.39. The van der Waals surface area contributed by atoms with Gasteiger partial charge in [0.15, 0.2) is 0 Å². The summed E-state index contributed by atoms with van der Waals surface area (Å²) in [5, 5.41) is 2.79. The number of hydrogen-bond acceptors (Lipinski definition) is 5. The van der Waals surface area contributed by atoms with Crippen LogP contribution in [0.5, 0.6) is 5.75 Å². The Balaban J connectivity index is 1.84. The molecule has 0 aliphatic carbocycles. The predicted octanol–water partition coefficient (Wildman–Crippen LogP) is 3.48. The van der Waals surface area contributed by atoms with Gasteiger partial charge in [0.2, 0.25) is 15.9 Å². The molecule has 7 nitrogen and oxygen atoms in total. The number of nitrogens with zero attached hydrogens (tertiary/aromatic N) is 2. The Morgan fingerprint density at radius 1 is 1.06 bits per heavy atom. The van der Waals surface area contributed by atoms with Crippen LogP contribution in [0, 0.1) is 0 Å². The Morgan fingerprint density at radius 2 is 1.84 bits per heavy atom. The lowest BCUT2D eigenvalue weighted by molar-refractivity contribution is -0.116. The topological polar surface area (TPSA) is 88.6 Å². The third-order valence-corrected chi connectivity index (χ3v) is 6.50. The molecule has 1 N–H and O–H groups in total. The zero-order valence-corrected chi connectivity index (χ0v) is 18.3. The first kappa shape index (κ1) is 22.5. The quantitative estimate of drug-likeness (QED) is 0.551. The molecule has 3 rings (SSSR count). The number of carbonyl (C=O) groups is 1. The van der Waals surface area contributed by atoms with Gasteiger partial charge in [0.1, 0.15) is 10.6 Å². The average molecular weight is 440 g/mol. The normalized spacial score (nSPS) is 11.3. The molecular weight excluding hydrogens is 414 g/mol. The molecule has 0 atom stereocenters. The summed E-state index contributed by atoms with van der Waals surface area (Å²) in [7, 11) is -2.37. The van der Waals surface area contributed by atoms with Crippen LogP contribution in [0.2, 0.25) is 0 Å². The summed E-state index contributed by atoms with van der Waals surface area (Å²) in [5.74, 6) is 0.244. The molecule has 0 fully saturated rings. The number of nitrogens with one attached hydrogen (secondary N) is 1. The van der Waals surface area contributed by atoms with Crippen LogP contribution in [-0.4, -0.2) is 37.3 Å². The van der Waals surface area contributed by atoms with Crippen LogP contribution in [0.3, 0.4) is 0 Å². The summed E-state index contributed by atoms with van der Waals surface area (Å²) >= 11 is 0. The van der Waals surface area contributed by atoms with E-state index in [9.17, 15) is 13.2 Å². The molecule has 0 saturated heterocycles. The van der Waals surface area contributed by atoms with Gasteiger partial charge in [-0.25, -0.2) is 8.42 Å². The number of sulfonamides is 1. The number of methoxy groups -OCH3 is 1. The number of hydrogen-bond donors (Lipinski definition) is 1. The van der Waals surface area contributed by atoms with E-state index < -0.39 is 15.9 Å². The number of amides is 1. The highest BCUT2D eigenvalue weighted by Crippen LogP contribution is 2.20. The molecule has 0 spiro atoms. The van der Waals surface area contributed by atoms with E-state index in [-0.39, 0.29) is 18.0 Å². The molecule has 31 heavy (non-hydrogen) atoms. The number of aryl methyl sites for hydroxylation is 1. The Kier molecular flexibility index (Phi) is 7.38. The number of rotatable bonds is 9. The molecule has 0 saturated carbocycles. The van der Waals surface area contributed by atoms with Crippen molar-refractivity contribution in [3.8, 4) is 5.75 Å². The first-order valence-electron chi connectivity index (χ1n) is 9.84. The maximum absolute atomic E-state index is 13.2. The van der Waals surface area contributed by atoms with Gasteiger partial charge in [0, 0.05) is 24.6 Å². The maximum Gasteiger partial charge on any atom is 0.245 e. The third-order valence-electron chi connectivity index (χ3n) is 4.73. The number of aromatic nitrogens is 1. The Labute approximate surface area is 182 Å². The fourth-order valence-electron chi connectivity index (χ4n) is 3.04. The molecule has 0 radical (unpaired) electrons. The molecule has 0 bridgehead atoms. The van der Waals surface area contributed by atoms with Crippen LogP contribution in [0.4, 0.5) is 5.69 Å². The summed E-state index contributed by atoms with van der Waals surface area (Å²) in [5.41, 5.74) is 2.44. The number of anilines is 1. The lowest BCUT2D eigenvalue weighted by atomic mass is 10.1. The van der Waals surface area contributed by atoms with Crippen molar-refractivity contribution in [3.05, 3.63) is 84.2 Å². The summed E-state index contributed by atoms with van der Waals surface area (Å²) in [4.78, 5) is 16.7. The van der Waals surface area contributed by atoms with Crippen LogP contribution in [-0.2, 0) is 27.8 Å². The highest BCUT2D eigenvalue weighted by atomic mass is 32.2. The van der Waals surface area contributed by atoms with E-state index in [4.69, 9.17) is 4.74 Å². The largest absolute Gasteiger partial charge is 0.497 e. The second-order valence-corrected chi connectivity index (χ2v) is 8.85. The maximum atomic E-state index is 13.2. The molecule has 1 amide bonds. The molecule has 3 aromatic rings. The van der Waals surface area contributed by atoms with Crippen molar-refractivity contribution in [2.45, 2.75) is 24.8 Å². The number of benzene rings is 2. The second-order valence-electron chi connectivity index (χ2n) is 6.91. The first-order chi connectivity index (χ1) is 14.9. The van der Waals surface area contributed by atoms with Gasteiger partial charge in [-0.3, -0.25) is 9.78 Å². The minimum Gasteiger partial charge on any atom is -0.497 e. The van der Waals surface area contributed by atoms with Crippen LogP contribution in [0.15, 0.2) is 78.0 Å². The van der Waals surface area contributed by atoms with E-state index >= 15 is 0 Å². The number of pyridine rings is 1. The molecule has 8 heteroatoms. The standard InChI is InChI=1S/C23H25N3O4S/c1-3-18-6-4-7-20(14-18)25-23(27)17-26(16-19-9-11-21(30-2)12-10-19)31(28,29)22-8-5-13-24-15-22/h4-15H,3,16-17H2,1-2H3,(H,25,27). The second kappa shape index (κ2) is 10.2. The Hall–Kier alpha value is -3.23. The summed E-state index contributed by atoms with van der Waals surface area (Å²) in [6.45, 7) is 1.72. The molecule has 2 aromatic carbocycles. The molecular formula is C23H25N3O4S. The highest BCUT2D eigenvalue weighted by Gasteiger charge is 2.27. The van der Waals surface area contributed by atoms with Crippen LogP contribution >= 0.6 is 0 Å². The minimum atomic E-state index is -3.94. The molecule has 162 valence electrons. The monoisotopic (exact) mass is 439 g/mol. The summed E-state index contributed by atoms with van der Waals surface area (Å²) in [6, 6.07) is 17.5. The van der Waals surface area contributed by atoms with Crippen molar-refractivity contribution < 1.29 is 17.9 Å². The van der Waals surface area contributed by atoms with Gasteiger partial charge >= 0.3 is 0 Å². The Morgan fingerprint density at radius 3 is 2.48 bits per heavy atom. The van der Waals surface area contributed by atoms with Crippen molar-refractivity contribution in [1.82, 2.24) is 9.29 Å². The van der Waals surface area contributed by atoms with E-state index in [1.54, 1.807) is 43.5 Å². The average Bonchev–Trinajstić information content (AvgIpc) is 2.79. The third kappa shape index (κ3) is 5.90. The van der Waals surface area contributed by atoms with Crippen LogP contribution in [0.25, 0.3) is 0 Å². The number of ether oxygens (including phenoxy) is 1. The number of carbonyl (C=O) groups excluding carboxylic acids is 1. The lowest BCUT2D eigenvalue weighted by Crippen LogP contribution is -2.37. The van der Waals surface area contributed by atoms with Gasteiger partial charge in [0.25, 0.3) is 0 Å². The zero-order valence-electron chi connectivity index (χ0n) is 17.5. The first-order valence-corrected chi connectivity index (χ1v) is 11.3. The molecule has 0 aliphatic rings. The molecule has 1 heterocycles. The van der Waals surface area contributed by atoms with Crippen LogP contribution in [0.1, 0.15) is 18.1 Å². The van der Waals surface area contributed by atoms with Crippen molar-refractivity contribution in [2.24, 2.45) is 0 Å². The van der Waals surface area contributed by atoms with Gasteiger partial charge in [-0.15, -0.1) is 0 Å². The predicted molar refractivity (Wildman–Crippen MR) is 119 cm³/mol. The lowest BCUT2D eigenvalue weighted by Gasteiger charge is -2.22. The van der Waals surface area contributed by atoms with Crippen molar-refractivity contribution in [2.75, 3.05) is 19.0 Å². The van der Waals surface area contributed by atoms with E-state index in [0.717, 1.165) is 21.9 Å². The van der Waals surface area contributed by atoms with Gasteiger partial charge < -0.3 is 10.1 Å². The van der Waals surface area contributed by atoms with Crippen molar-refractivity contribution in [1.29, 1.82) is 0 Å². The van der Waals surface area contributed by atoms with Gasteiger partial charge in [-0.2, -0.15) is 4.31 Å². The van der Waals surface area contributed by atoms with Gasteiger partial charge in [-0.1, -0.05) is 31.2 Å². The molecule has 1 aromatic heterocycles. The fraction of sp³-hybridized carbons (Fsp3) is 0.217. The van der Waals surface area contributed by atoms with Crippen molar-refractivity contribution in [3.63, 3.8) is 0 Å². The smallest absolute Gasteiger partial charge is 0.245 e. The van der Waals surface area contributed by atoms with E-state index in [1.165, 1.54) is 18.5 Å². The molecule has 0 unspecified atom stereocenters. The highest BCUT2D eigenvalue weighted by molar-refractivity contribution is 7.89. The van der Waals surface area contributed by atoms with E-state index in [2.05, 4.69) is 10.3 Å². The van der Waals surface area contributed by atoms with Gasteiger partial charge in [-0.05, 0) is 53.9 Å². The minimum absolute atomic E-state index is 0.0314. The Bertz CT molecular complexity index is 1120. The van der Waals surface area contributed by atoms with Crippen LogP contribution < -0.4 is 10.1 Å². The van der Waals surface area contributed by atoms with Gasteiger partial charge in [0.05, 0.1) is 13.7 Å². The molecule has 0 aliphatic heterocycles. The van der Waals surface area contributed by atoms with E-state index in [0.29, 0.717) is 11.4 Å².